The topological polar surface area (TPSA) is 86.8 Å². The summed E-state index contributed by atoms with van der Waals surface area (Å²) in [5.74, 6) is -0.744. The van der Waals surface area contributed by atoms with Gasteiger partial charge in [0.2, 0.25) is 11.8 Å². The second-order valence-electron chi connectivity index (χ2n) is 10.1. The maximum atomic E-state index is 14.1. The molecule has 1 atom stereocenters. The zero-order valence-electron chi connectivity index (χ0n) is 23.4. The molecule has 41 heavy (non-hydrogen) atoms. The lowest BCUT2D eigenvalue weighted by molar-refractivity contribution is -0.140. The van der Waals surface area contributed by atoms with Gasteiger partial charge in [0.25, 0.3) is 10.0 Å². The van der Waals surface area contributed by atoms with E-state index in [1.54, 1.807) is 43.3 Å². The van der Waals surface area contributed by atoms with Gasteiger partial charge in [-0.05, 0) is 73.4 Å². The minimum Gasteiger partial charge on any atom is -0.354 e. The van der Waals surface area contributed by atoms with Gasteiger partial charge in [-0.2, -0.15) is 0 Å². The molecule has 3 aromatic rings. The highest BCUT2D eigenvalue weighted by atomic mass is 35.5. The van der Waals surface area contributed by atoms with Crippen molar-refractivity contribution in [3.05, 3.63) is 92.9 Å². The Morgan fingerprint density at radius 2 is 1.54 bits per heavy atom. The molecule has 0 fully saturated rings. The van der Waals surface area contributed by atoms with Gasteiger partial charge in [0.05, 0.1) is 10.6 Å². The third-order valence-electron chi connectivity index (χ3n) is 6.43. The predicted molar refractivity (Wildman–Crippen MR) is 166 cm³/mol. The van der Waals surface area contributed by atoms with Gasteiger partial charge in [-0.25, -0.2) is 8.42 Å². The summed E-state index contributed by atoms with van der Waals surface area (Å²) >= 11 is 18.9. The molecular formula is C30H34Cl3N3O4S. The summed E-state index contributed by atoms with van der Waals surface area (Å²) in [6, 6.07) is 16.7. The molecule has 0 aliphatic carbocycles. The molecule has 0 spiro atoms. The third kappa shape index (κ3) is 8.38. The Kier molecular flexibility index (Phi) is 11.5. The number of carbonyl (C=O) groups excluding carboxylic acids is 2. The maximum Gasteiger partial charge on any atom is 0.264 e. The van der Waals surface area contributed by atoms with E-state index in [-0.39, 0.29) is 29.7 Å². The van der Waals surface area contributed by atoms with Crippen molar-refractivity contribution in [3.63, 3.8) is 0 Å². The average Bonchev–Trinajstić information content (AvgIpc) is 2.92. The lowest BCUT2D eigenvalue weighted by Crippen LogP contribution is -2.52. The Morgan fingerprint density at radius 3 is 2.10 bits per heavy atom. The van der Waals surface area contributed by atoms with Gasteiger partial charge in [-0.3, -0.25) is 13.9 Å². The Morgan fingerprint density at radius 1 is 0.927 bits per heavy atom. The molecule has 0 aliphatic heterocycles. The van der Waals surface area contributed by atoms with Crippen LogP contribution >= 0.6 is 34.8 Å². The molecular weight excluding hydrogens is 605 g/mol. The smallest absolute Gasteiger partial charge is 0.264 e. The third-order valence-corrected chi connectivity index (χ3v) is 9.18. The monoisotopic (exact) mass is 637 g/mol. The van der Waals surface area contributed by atoms with Crippen molar-refractivity contribution in [2.24, 2.45) is 5.92 Å². The first-order valence-corrected chi connectivity index (χ1v) is 15.8. The lowest BCUT2D eigenvalue weighted by Gasteiger charge is -2.33. The lowest BCUT2D eigenvalue weighted by atomic mass is 10.1. The zero-order valence-corrected chi connectivity index (χ0v) is 26.5. The molecule has 0 bridgehead atoms. The number of amides is 2. The highest BCUT2D eigenvalue weighted by Crippen LogP contribution is 2.29. The minimum absolute atomic E-state index is 0.0291. The van der Waals surface area contributed by atoms with Gasteiger partial charge in [0.15, 0.2) is 0 Å². The summed E-state index contributed by atoms with van der Waals surface area (Å²) in [6.07, 6.45) is 0.284. The summed E-state index contributed by atoms with van der Waals surface area (Å²) in [4.78, 5) is 28.8. The van der Waals surface area contributed by atoms with Crippen LogP contribution in [0.4, 0.5) is 5.69 Å². The minimum atomic E-state index is -4.21. The zero-order chi connectivity index (χ0) is 30.3. The first-order chi connectivity index (χ1) is 19.3. The van der Waals surface area contributed by atoms with Crippen LogP contribution in [0.25, 0.3) is 0 Å². The number of hydrogen-bond acceptors (Lipinski definition) is 4. The molecule has 0 aromatic heterocycles. The van der Waals surface area contributed by atoms with Gasteiger partial charge < -0.3 is 10.2 Å². The van der Waals surface area contributed by atoms with Crippen LogP contribution in [0.3, 0.4) is 0 Å². The van der Waals surface area contributed by atoms with E-state index < -0.39 is 28.5 Å². The summed E-state index contributed by atoms with van der Waals surface area (Å²) in [5.41, 5.74) is 1.58. The van der Waals surface area contributed by atoms with E-state index in [1.807, 2.05) is 26.8 Å². The van der Waals surface area contributed by atoms with Crippen LogP contribution < -0.4 is 9.62 Å². The number of halogens is 3. The van der Waals surface area contributed by atoms with E-state index in [9.17, 15) is 18.0 Å². The standard InChI is InChI=1S/C30H34Cl3N3O4S/c1-5-28(30(38)34-17-20(2)3)35(18-25-26(32)10-7-11-27(25)33)29(37)19-36(23-9-6-8-21(4)16-23)41(39,40)24-14-12-22(31)13-15-24/h6-16,20,28H,5,17-19H2,1-4H3,(H,34,38)/t28-/m0/s1. The molecule has 3 aromatic carbocycles. The van der Waals surface area contributed by atoms with E-state index >= 15 is 0 Å². The van der Waals surface area contributed by atoms with Crippen LogP contribution in [0.2, 0.25) is 15.1 Å². The van der Waals surface area contributed by atoms with Crippen molar-refractivity contribution in [1.82, 2.24) is 10.2 Å². The fourth-order valence-corrected chi connectivity index (χ4v) is 6.29. The number of nitrogens with zero attached hydrogens (tertiary/aromatic N) is 2. The summed E-state index contributed by atoms with van der Waals surface area (Å²) in [6.45, 7) is 7.32. The molecule has 0 unspecified atom stereocenters. The van der Waals surface area contributed by atoms with E-state index in [0.717, 1.165) is 9.87 Å². The SMILES string of the molecule is CC[C@@H](C(=O)NCC(C)C)N(Cc1c(Cl)cccc1Cl)C(=O)CN(c1cccc(C)c1)S(=O)(=O)c1ccc(Cl)cc1. The molecule has 2 amide bonds. The quantitative estimate of drug-likeness (QED) is 0.238. The van der Waals surface area contributed by atoms with Crippen molar-refractivity contribution >= 4 is 62.3 Å². The number of nitrogens with one attached hydrogen (secondary N) is 1. The molecule has 7 nitrogen and oxygen atoms in total. The molecule has 1 N–H and O–H groups in total. The second-order valence-corrected chi connectivity index (χ2v) is 13.2. The van der Waals surface area contributed by atoms with Gasteiger partial charge in [-0.1, -0.05) is 73.8 Å². The van der Waals surface area contributed by atoms with Crippen LogP contribution in [0.5, 0.6) is 0 Å². The van der Waals surface area contributed by atoms with E-state index in [1.165, 1.54) is 29.2 Å². The number of carbonyl (C=O) groups is 2. The number of anilines is 1. The Balaban J connectivity index is 2.09. The van der Waals surface area contributed by atoms with E-state index in [2.05, 4.69) is 5.32 Å². The Bertz CT molecular complexity index is 1460. The Hall–Kier alpha value is -2.78. The molecule has 0 saturated heterocycles. The molecule has 220 valence electrons. The molecule has 0 radical (unpaired) electrons. The van der Waals surface area contributed by atoms with Gasteiger partial charge in [0.1, 0.15) is 12.6 Å². The van der Waals surface area contributed by atoms with Gasteiger partial charge in [0, 0.05) is 33.7 Å². The van der Waals surface area contributed by atoms with Crippen molar-refractivity contribution in [3.8, 4) is 0 Å². The number of rotatable bonds is 12. The van der Waals surface area contributed by atoms with Crippen LogP contribution in [-0.2, 0) is 26.2 Å². The van der Waals surface area contributed by atoms with Crippen LogP contribution in [-0.4, -0.2) is 44.3 Å². The van der Waals surface area contributed by atoms with E-state index in [4.69, 9.17) is 34.8 Å². The number of sulfonamides is 1. The molecule has 0 heterocycles. The maximum absolute atomic E-state index is 14.1. The van der Waals surface area contributed by atoms with Crippen molar-refractivity contribution in [1.29, 1.82) is 0 Å². The fourth-order valence-electron chi connectivity index (χ4n) is 4.24. The predicted octanol–water partition coefficient (Wildman–Crippen LogP) is 6.73. The van der Waals surface area contributed by atoms with Crippen LogP contribution in [0.1, 0.15) is 38.3 Å². The normalized spacial score (nSPS) is 12.2. The summed E-state index contributed by atoms with van der Waals surface area (Å²) < 4.78 is 28.9. The molecule has 0 aliphatic rings. The first kappa shape index (κ1) is 32.7. The molecule has 3 rings (SSSR count). The molecule has 11 heteroatoms. The highest BCUT2D eigenvalue weighted by Gasteiger charge is 2.34. The number of benzene rings is 3. The number of aryl methyl sites for hydroxylation is 1. The fraction of sp³-hybridized carbons (Fsp3) is 0.333. The van der Waals surface area contributed by atoms with E-state index in [0.29, 0.717) is 32.9 Å². The van der Waals surface area contributed by atoms with Gasteiger partial charge in [-0.15, -0.1) is 0 Å². The molecule has 0 saturated carbocycles. The largest absolute Gasteiger partial charge is 0.354 e. The van der Waals surface area contributed by atoms with Crippen LogP contribution in [0.15, 0.2) is 71.6 Å². The second kappa shape index (κ2) is 14.4. The Labute approximate surface area is 257 Å². The van der Waals surface area contributed by atoms with Gasteiger partial charge >= 0.3 is 0 Å². The van der Waals surface area contributed by atoms with Crippen LogP contribution in [0, 0.1) is 12.8 Å². The summed E-state index contributed by atoms with van der Waals surface area (Å²) in [7, 11) is -4.21. The number of hydrogen-bond donors (Lipinski definition) is 1. The van der Waals surface area contributed by atoms with Crippen molar-refractivity contribution in [2.45, 2.75) is 51.6 Å². The highest BCUT2D eigenvalue weighted by molar-refractivity contribution is 7.92. The van der Waals surface area contributed by atoms with Crippen molar-refractivity contribution in [2.75, 3.05) is 17.4 Å². The summed E-state index contributed by atoms with van der Waals surface area (Å²) in [5, 5.41) is 3.93. The first-order valence-electron chi connectivity index (χ1n) is 13.2. The average molecular weight is 639 g/mol. The van der Waals surface area contributed by atoms with Crippen molar-refractivity contribution < 1.29 is 18.0 Å².